The molecule has 0 bridgehead atoms. The van der Waals surface area contributed by atoms with Gasteiger partial charge in [0, 0.05) is 5.56 Å². The summed E-state index contributed by atoms with van der Waals surface area (Å²) >= 11 is 0.774. The number of benzene rings is 2. The van der Waals surface area contributed by atoms with Crippen LogP contribution in [-0.4, -0.2) is 18.3 Å². The van der Waals surface area contributed by atoms with Crippen LogP contribution in [0.15, 0.2) is 29.2 Å². The first-order valence-electron chi connectivity index (χ1n) is 10.7. The molecule has 6 heteroatoms. The maximum Gasteiger partial charge on any atom is 0.290 e. The Labute approximate surface area is 192 Å². The van der Waals surface area contributed by atoms with Gasteiger partial charge in [-0.25, -0.2) is 4.39 Å². The summed E-state index contributed by atoms with van der Waals surface area (Å²) in [5, 5.41) is 1.75. The standard InChI is InChI=1S/C26H28FNO3S/c1-14-11-17-18(26(4,5)10-9-25(17,2)3)13-16(14)21-19(31-6)8-7-15(22(21)27)12-20-23(29)28-24(30)32-20/h7-8,11-13H,9-10H2,1-6H3,(H,28,29,30). The predicted molar refractivity (Wildman–Crippen MR) is 128 cm³/mol. The summed E-state index contributed by atoms with van der Waals surface area (Å²) in [7, 11) is 1.52. The van der Waals surface area contributed by atoms with Crippen molar-refractivity contribution in [3.8, 4) is 16.9 Å². The van der Waals surface area contributed by atoms with Crippen LogP contribution in [0.5, 0.6) is 5.75 Å². The summed E-state index contributed by atoms with van der Waals surface area (Å²) in [5.41, 5.74) is 4.95. The molecule has 32 heavy (non-hydrogen) atoms. The fourth-order valence-electron chi connectivity index (χ4n) is 4.66. The van der Waals surface area contributed by atoms with E-state index >= 15 is 4.39 Å². The van der Waals surface area contributed by atoms with Crippen LogP contribution in [0.25, 0.3) is 17.2 Å². The number of rotatable bonds is 3. The van der Waals surface area contributed by atoms with Crippen molar-refractivity contribution in [2.45, 2.75) is 58.3 Å². The maximum atomic E-state index is 15.9. The van der Waals surface area contributed by atoms with Crippen molar-refractivity contribution in [3.05, 3.63) is 57.2 Å². The zero-order chi connectivity index (χ0) is 23.4. The molecule has 4 nitrogen and oxygen atoms in total. The van der Waals surface area contributed by atoms with Crippen molar-refractivity contribution in [1.29, 1.82) is 0 Å². The molecule has 0 saturated carbocycles. The van der Waals surface area contributed by atoms with E-state index in [-0.39, 0.29) is 21.3 Å². The summed E-state index contributed by atoms with van der Waals surface area (Å²) in [6, 6.07) is 7.58. The number of halogens is 1. The van der Waals surface area contributed by atoms with Gasteiger partial charge in [0.1, 0.15) is 11.6 Å². The molecular weight excluding hydrogens is 425 g/mol. The van der Waals surface area contributed by atoms with Gasteiger partial charge in [-0.15, -0.1) is 0 Å². The lowest BCUT2D eigenvalue weighted by atomic mass is 9.62. The Kier molecular flexibility index (Phi) is 5.48. The Hall–Kier alpha value is -2.60. The van der Waals surface area contributed by atoms with Crippen LogP contribution in [0.3, 0.4) is 0 Å². The van der Waals surface area contributed by atoms with Gasteiger partial charge in [0.25, 0.3) is 11.1 Å². The lowest BCUT2D eigenvalue weighted by Gasteiger charge is -2.42. The summed E-state index contributed by atoms with van der Waals surface area (Å²) in [6.07, 6.45) is 3.58. The largest absolute Gasteiger partial charge is 0.496 e. The molecule has 1 N–H and O–H groups in total. The Morgan fingerprint density at radius 3 is 2.25 bits per heavy atom. The van der Waals surface area contributed by atoms with Crippen LogP contribution in [0.1, 0.15) is 62.8 Å². The van der Waals surface area contributed by atoms with Gasteiger partial charge in [0.15, 0.2) is 0 Å². The van der Waals surface area contributed by atoms with Gasteiger partial charge in [-0.1, -0.05) is 33.8 Å². The summed E-state index contributed by atoms with van der Waals surface area (Å²) in [4.78, 5) is 23.6. The molecule has 1 heterocycles. The average Bonchev–Trinajstić information content (AvgIpc) is 3.04. The molecule has 1 aliphatic heterocycles. The SMILES string of the molecule is COc1ccc(C=C2SC(=O)NC2=O)c(F)c1-c1cc2c(cc1C)C(C)(C)CCC2(C)C. The van der Waals surface area contributed by atoms with Gasteiger partial charge >= 0.3 is 0 Å². The van der Waals surface area contributed by atoms with Gasteiger partial charge in [0.05, 0.1) is 17.6 Å². The number of carbonyl (C=O) groups is 2. The third-order valence-electron chi connectivity index (χ3n) is 6.75. The van der Waals surface area contributed by atoms with Crippen molar-refractivity contribution in [2.75, 3.05) is 7.11 Å². The number of amides is 2. The van der Waals surface area contributed by atoms with E-state index in [0.717, 1.165) is 35.7 Å². The summed E-state index contributed by atoms with van der Waals surface area (Å²) in [6.45, 7) is 11.0. The highest BCUT2D eigenvalue weighted by atomic mass is 32.2. The van der Waals surface area contributed by atoms with Crippen molar-refractivity contribution in [1.82, 2.24) is 5.32 Å². The molecule has 1 aliphatic carbocycles. The highest BCUT2D eigenvalue weighted by Crippen LogP contribution is 2.49. The van der Waals surface area contributed by atoms with Gasteiger partial charge in [0.2, 0.25) is 0 Å². The molecule has 2 aromatic carbocycles. The van der Waals surface area contributed by atoms with E-state index in [1.165, 1.54) is 24.3 Å². The van der Waals surface area contributed by atoms with Crippen LogP contribution in [0.2, 0.25) is 0 Å². The number of nitrogens with one attached hydrogen (secondary N) is 1. The van der Waals surface area contributed by atoms with Crippen LogP contribution >= 0.6 is 11.8 Å². The second-order valence-corrected chi connectivity index (χ2v) is 10.9. The van der Waals surface area contributed by atoms with Crippen molar-refractivity contribution < 1.29 is 18.7 Å². The quantitative estimate of drug-likeness (QED) is 0.540. The minimum absolute atomic E-state index is 0.0183. The van der Waals surface area contributed by atoms with Gasteiger partial charge in [-0.3, -0.25) is 14.9 Å². The first kappa shape index (κ1) is 22.6. The molecule has 2 amide bonds. The normalized spacial score (nSPS) is 20.3. The van der Waals surface area contributed by atoms with Crippen molar-refractivity contribution in [3.63, 3.8) is 0 Å². The van der Waals surface area contributed by atoms with Crippen LogP contribution in [0.4, 0.5) is 9.18 Å². The second kappa shape index (κ2) is 7.77. The lowest BCUT2D eigenvalue weighted by Crippen LogP contribution is -2.34. The molecule has 0 aromatic heterocycles. The highest BCUT2D eigenvalue weighted by molar-refractivity contribution is 8.18. The third-order valence-corrected chi connectivity index (χ3v) is 7.56. The van der Waals surface area contributed by atoms with Gasteiger partial charge < -0.3 is 4.74 Å². The topological polar surface area (TPSA) is 55.4 Å². The number of carbonyl (C=O) groups excluding carboxylic acids is 2. The summed E-state index contributed by atoms with van der Waals surface area (Å²) in [5.74, 6) is -0.550. The predicted octanol–water partition coefficient (Wildman–Crippen LogP) is 6.48. The number of imide groups is 1. The fraction of sp³-hybridized carbons (Fsp3) is 0.385. The smallest absolute Gasteiger partial charge is 0.290 e. The number of thioether (sulfide) groups is 1. The number of hydrogen-bond donors (Lipinski definition) is 1. The van der Waals surface area contributed by atoms with Crippen molar-refractivity contribution in [2.24, 2.45) is 0 Å². The zero-order valence-corrected chi connectivity index (χ0v) is 20.1. The van der Waals surface area contributed by atoms with E-state index in [9.17, 15) is 9.59 Å². The minimum Gasteiger partial charge on any atom is -0.496 e. The van der Waals surface area contributed by atoms with E-state index in [1.807, 2.05) is 6.92 Å². The van der Waals surface area contributed by atoms with E-state index in [0.29, 0.717) is 11.3 Å². The Balaban J connectivity index is 1.93. The molecule has 2 aliphatic rings. The first-order valence-corrected chi connectivity index (χ1v) is 11.5. The van der Waals surface area contributed by atoms with E-state index in [1.54, 1.807) is 12.1 Å². The molecule has 1 fully saturated rings. The van der Waals surface area contributed by atoms with E-state index < -0.39 is 17.0 Å². The molecule has 0 spiro atoms. The number of methoxy groups -OCH3 is 1. The van der Waals surface area contributed by atoms with Gasteiger partial charge in [-0.2, -0.15) is 0 Å². The van der Waals surface area contributed by atoms with Gasteiger partial charge in [-0.05, 0) is 88.9 Å². The third kappa shape index (κ3) is 3.75. The number of hydrogen-bond acceptors (Lipinski definition) is 4. The Bertz CT molecular complexity index is 1180. The molecule has 0 radical (unpaired) electrons. The van der Waals surface area contributed by atoms with Crippen LogP contribution < -0.4 is 10.1 Å². The highest BCUT2D eigenvalue weighted by Gasteiger charge is 2.38. The molecule has 0 unspecified atom stereocenters. The molecular formula is C26H28FNO3S. The summed E-state index contributed by atoms with van der Waals surface area (Å²) < 4.78 is 21.4. The Morgan fingerprint density at radius 2 is 1.69 bits per heavy atom. The van der Waals surface area contributed by atoms with E-state index in [4.69, 9.17) is 4.74 Å². The second-order valence-electron chi connectivity index (χ2n) is 9.88. The number of ether oxygens (including phenoxy) is 1. The molecule has 2 aromatic rings. The van der Waals surface area contributed by atoms with Crippen molar-refractivity contribution >= 4 is 29.0 Å². The minimum atomic E-state index is -0.509. The molecule has 0 atom stereocenters. The number of aryl methyl sites for hydroxylation is 1. The van der Waals surface area contributed by atoms with Crippen LogP contribution in [-0.2, 0) is 15.6 Å². The average molecular weight is 454 g/mol. The van der Waals surface area contributed by atoms with E-state index in [2.05, 4.69) is 45.1 Å². The fourth-order valence-corrected chi connectivity index (χ4v) is 5.33. The number of fused-ring (bicyclic) bond motifs is 1. The molecule has 1 saturated heterocycles. The zero-order valence-electron chi connectivity index (χ0n) is 19.3. The lowest BCUT2D eigenvalue weighted by molar-refractivity contribution is -0.115. The molecule has 168 valence electrons. The van der Waals surface area contributed by atoms with Crippen LogP contribution in [0, 0.1) is 12.7 Å². The monoisotopic (exact) mass is 453 g/mol. The molecule has 4 rings (SSSR count). The Morgan fingerprint density at radius 1 is 1.06 bits per heavy atom. The maximum absolute atomic E-state index is 15.9. The first-order chi connectivity index (χ1) is 14.9.